The Hall–Kier alpha value is -0.860. The molecule has 2 aliphatic rings. The molecule has 19 heavy (non-hydrogen) atoms. The van der Waals surface area contributed by atoms with Crippen LogP contribution in [0.3, 0.4) is 0 Å². The average molecular weight is 282 g/mol. The molecule has 2 saturated heterocycles. The molecule has 2 rings (SSSR count). The van der Waals surface area contributed by atoms with Gasteiger partial charge >= 0.3 is 6.18 Å². The summed E-state index contributed by atoms with van der Waals surface area (Å²) in [5.41, 5.74) is -2.79. The number of alkyl halides is 3. The van der Waals surface area contributed by atoms with Gasteiger partial charge in [-0.3, -0.25) is 4.79 Å². The second kappa shape index (κ2) is 4.92. The third kappa shape index (κ3) is 2.70. The van der Waals surface area contributed by atoms with Crippen LogP contribution in [-0.2, 0) is 9.53 Å². The summed E-state index contributed by atoms with van der Waals surface area (Å²) in [5, 5.41) is 12.5. The minimum Gasteiger partial charge on any atom is -0.379 e. The lowest BCUT2D eigenvalue weighted by Gasteiger charge is -2.33. The van der Waals surface area contributed by atoms with Crippen molar-refractivity contribution in [2.45, 2.75) is 37.3 Å². The summed E-state index contributed by atoms with van der Waals surface area (Å²) in [6.07, 6.45) is -5.59. The predicted molar refractivity (Wildman–Crippen MR) is 59.4 cm³/mol. The number of β-amino-alcohol motifs (C(OH)–C–C–N with tert-alkyl or cyclic N) is 1. The molecule has 3 atom stereocenters. The summed E-state index contributed by atoms with van der Waals surface area (Å²) in [6, 6.07) is -0.649. The van der Waals surface area contributed by atoms with Crippen molar-refractivity contribution >= 4 is 5.91 Å². The minimum atomic E-state index is -4.72. The van der Waals surface area contributed by atoms with E-state index in [1.165, 1.54) is 0 Å². The molecule has 2 aliphatic heterocycles. The van der Waals surface area contributed by atoms with Gasteiger partial charge in [-0.2, -0.15) is 13.2 Å². The number of carbonyl (C=O) groups excluding carboxylic acids is 1. The maximum atomic E-state index is 12.7. The molecule has 2 N–H and O–H groups in total. The van der Waals surface area contributed by atoms with Crippen molar-refractivity contribution in [2.24, 2.45) is 0 Å². The highest BCUT2D eigenvalue weighted by Gasteiger charge is 2.58. The SMILES string of the molecule is C[C@H]1OCCN[C@@H]1C(=O)N1CCC(O)(C(F)(F)F)C1. The molecular formula is C11H17F3N2O3. The summed E-state index contributed by atoms with van der Waals surface area (Å²) in [5.74, 6) is -0.452. The molecule has 110 valence electrons. The van der Waals surface area contributed by atoms with E-state index < -0.39 is 36.7 Å². The van der Waals surface area contributed by atoms with Gasteiger partial charge in [0.2, 0.25) is 5.91 Å². The van der Waals surface area contributed by atoms with Gasteiger partial charge in [0.15, 0.2) is 5.60 Å². The number of hydrogen-bond donors (Lipinski definition) is 2. The van der Waals surface area contributed by atoms with E-state index in [1.807, 2.05) is 0 Å². The average Bonchev–Trinajstić information content (AvgIpc) is 2.72. The molecule has 0 saturated carbocycles. The van der Waals surface area contributed by atoms with E-state index in [-0.39, 0.29) is 12.6 Å². The number of nitrogens with zero attached hydrogens (tertiary/aromatic N) is 1. The molecular weight excluding hydrogens is 265 g/mol. The number of carbonyl (C=O) groups is 1. The van der Waals surface area contributed by atoms with Gasteiger partial charge < -0.3 is 20.1 Å². The van der Waals surface area contributed by atoms with Crippen molar-refractivity contribution in [3.05, 3.63) is 0 Å². The number of rotatable bonds is 1. The van der Waals surface area contributed by atoms with E-state index in [9.17, 15) is 23.1 Å². The first-order valence-corrected chi connectivity index (χ1v) is 6.17. The second-order valence-electron chi connectivity index (χ2n) is 5.05. The molecule has 0 aromatic heterocycles. The fourth-order valence-corrected chi connectivity index (χ4v) is 2.42. The molecule has 0 bridgehead atoms. The first-order chi connectivity index (χ1) is 8.74. The van der Waals surface area contributed by atoms with Crippen LogP contribution in [0.25, 0.3) is 0 Å². The first kappa shape index (κ1) is 14.5. The molecule has 1 amide bonds. The van der Waals surface area contributed by atoms with Gasteiger partial charge in [0.1, 0.15) is 6.04 Å². The van der Waals surface area contributed by atoms with Crippen LogP contribution in [0.5, 0.6) is 0 Å². The van der Waals surface area contributed by atoms with E-state index in [2.05, 4.69) is 5.32 Å². The number of morpholine rings is 1. The van der Waals surface area contributed by atoms with Gasteiger partial charge in [-0.15, -0.1) is 0 Å². The fourth-order valence-electron chi connectivity index (χ4n) is 2.42. The lowest BCUT2D eigenvalue weighted by atomic mass is 10.0. The molecule has 5 nitrogen and oxygen atoms in total. The molecule has 0 aliphatic carbocycles. The summed E-state index contributed by atoms with van der Waals surface area (Å²) < 4.78 is 43.3. The quantitative estimate of drug-likeness (QED) is 0.704. The molecule has 2 fully saturated rings. The van der Waals surface area contributed by atoms with Crippen LogP contribution in [0.1, 0.15) is 13.3 Å². The Kier molecular flexibility index (Phi) is 3.76. The zero-order chi connectivity index (χ0) is 14.3. The monoisotopic (exact) mass is 282 g/mol. The van der Waals surface area contributed by atoms with Crippen molar-refractivity contribution in [1.82, 2.24) is 10.2 Å². The summed E-state index contributed by atoms with van der Waals surface area (Å²) in [7, 11) is 0. The number of hydrogen-bond acceptors (Lipinski definition) is 4. The summed E-state index contributed by atoms with van der Waals surface area (Å²) >= 11 is 0. The highest BCUT2D eigenvalue weighted by atomic mass is 19.4. The maximum Gasteiger partial charge on any atom is 0.419 e. The van der Waals surface area contributed by atoms with Crippen molar-refractivity contribution in [2.75, 3.05) is 26.2 Å². The van der Waals surface area contributed by atoms with Crippen LogP contribution in [0.15, 0.2) is 0 Å². The molecule has 2 heterocycles. The van der Waals surface area contributed by atoms with Crippen LogP contribution < -0.4 is 5.32 Å². The van der Waals surface area contributed by atoms with Gasteiger partial charge in [-0.25, -0.2) is 0 Å². The highest BCUT2D eigenvalue weighted by Crippen LogP contribution is 2.37. The van der Waals surface area contributed by atoms with Crippen molar-refractivity contribution < 1.29 is 27.8 Å². The number of amides is 1. The molecule has 8 heteroatoms. The maximum absolute atomic E-state index is 12.7. The van der Waals surface area contributed by atoms with E-state index in [4.69, 9.17) is 4.74 Å². The summed E-state index contributed by atoms with van der Waals surface area (Å²) in [4.78, 5) is 13.2. The lowest BCUT2D eigenvalue weighted by Crippen LogP contribution is -2.57. The van der Waals surface area contributed by atoms with Crippen LogP contribution >= 0.6 is 0 Å². The van der Waals surface area contributed by atoms with Gasteiger partial charge in [0.05, 0.1) is 19.3 Å². The Morgan fingerprint density at radius 1 is 1.53 bits per heavy atom. The Bertz CT molecular complexity index is 364. The Morgan fingerprint density at radius 2 is 2.21 bits per heavy atom. The zero-order valence-electron chi connectivity index (χ0n) is 10.5. The molecule has 0 aromatic rings. The van der Waals surface area contributed by atoms with Crippen LogP contribution in [0, 0.1) is 0 Å². The van der Waals surface area contributed by atoms with Gasteiger partial charge in [-0.05, 0) is 6.92 Å². The van der Waals surface area contributed by atoms with Gasteiger partial charge in [0.25, 0.3) is 0 Å². The number of halogens is 3. The first-order valence-electron chi connectivity index (χ1n) is 6.17. The van der Waals surface area contributed by atoms with Crippen molar-refractivity contribution in [3.63, 3.8) is 0 Å². The van der Waals surface area contributed by atoms with Gasteiger partial charge in [-0.1, -0.05) is 0 Å². The lowest BCUT2D eigenvalue weighted by molar-refractivity contribution is -0.253. The van der Waals surface area contributed by atoms with E-state index >= 15 is 0 Å². The van der Waals surface area contributed by atoms with Crippen LogP contribution in [0.2, 0.25) is 0 Å². The Labute approximate surface area is 108 Å². The minimum absolute atomic E-state index is 0.0975. The number of aliphatic hydroxyl groups is 1. The third-order valence-electron chi connectivity index (χ3n) is 3.67. The number of ether oxygens (including phenoxy) is 1. The van der Waals surface area contributed by atoms with E-state index in [0.29, 0.717) is 13.2 Å². The fraction of sp³-hybridized carbons (Fsp3) is 0.909. The van der Waals surface area contributed by atoms with Crippen LogP contribution in [-0.4, -0.2) is 66.1 Å². The van der Waals surface area contributed by atoms with Gasteiger partial charge in [0, 0.05) is 19.5 Å². The second-order valence-corrected chi connectivity index (χ2v) is 5.05. The predicted octanol–water partition coefficient (Wildman–Crippen LogP) is -0.111. The highest BCUT2D eigenvalue weighted by molar-refractivity contribution is 5.83. The topological polar surface area (TPSA) is 61.8 Å². The van der Waals surface area contributed by atoms with Crippen molar-refractivity contribution in [1.29, 1.82) is 0 Å². The van der Waals surface area contributed by atoms with Crippen LogP contribution in [0.4, 0.5) is 13.2 Å². The standard InChI is InChI=1S/C11H17F3N2O3/c1-7-8(15-3-5-19-7)9(17)16-4-2-10(18,6-16)11(12,13)14/h7-8,15,18H,2-6H2,1H3/t7-,8+,10?/m1/s1. The molecule has 0 aromatic carbocycles. The molecule has 1 unspecified atom stereocenters. The largest absolute Gasteiger partial charge is 0.419 e. The molecule has 0 spiro atoms. The smallest absolute Gasteiger partial charge is 0.379 e. The van der Waals surface area contributed by atoms with Crippen molar-refractivity contribution in [3.8, 4) is 0 Å². The summed E-state index contributed by atoms with van der Waals surface area (Å²) in [6.45, 7) is 1.84. The Morgan fingerprint density at radius 3 is 2.74 bits per heavy atom. The zero-order valence-corrected chi connectivity index (χ0v) is 10.5. The number of nitrogens with one attached hydrogen (secondary N) is 1. The van der Waals surface area contributed by atoms with E-state index in [0.717, 1.165) is 4.90 Å². The molecule has 0 radical (unpaired) electrons. The normalized spacial score (nSPS) is 36.6. The van der Waals surface area contributed by atoms with E-state index in [1.54, 1.807) is 6.92 Å². The Balaban J connectivity index is 2.02. The number of likely N-dealkylation sites (tertiary alicyclic amines) is 1. The third-order valence-corrected chi connectivity index (χ3v) is 3.67.